The Balaban J connectivity index is 1.75. The largest absolute Gasteiger partial charge is 0.377 e. The van der Waals surface area contributed by atoms with Crippen LogP contribution in [0.4, 0.5) is 4.39 Å². The van der Waals surface area contributed by atoms with Crippen LogP contribution in [0.1, 0.15) is 22.1 Å². The highest BCUT2D eigenvalue weighted by Gasteiger charge is 2.32. The topological polar surface area (TPSA) is 93.1 Å². The standard InChI is InChI=1S/C17H16FN5O3/c1-22-15-13(19-9-20-16(15)24)14(21-22)17(25)23-6-7-26-8-12(23)10-2-4-11(18)5-3-10/h2-5,9,12H,6-8H2,1H3,(H,19,20,24). The molecule has 1 saturated heterocycles. The highest BCUT2D eigenvalue weighted by Crippen LogP contribution is 2.27. The summed E-state index contributed by atoms with van der Waals surface area (Å²) >= 11 is 0. The van der Waals surface area contributed by atoms with E-state index >= 15 is 0 Å². The van der Waals surface area contributed by atoms with Crippen LogP contribution >= 0.6 is 0 Å². The van der Waals surface area contributed by atoms with Gasteiger partial charge < -0.3 is 14.6 Å². The van der Waals surface area contributed by atoms with Gasteiger partial charge in [0.15, 0.2) is 11.2 Å². The lowest BCUT2D eigenvalue weighted by Gasteiger charge is -2.35. The molecule has 3 heterocycles. The van der Waals surface area contributed by atoms with E-state index in [9.17, 15) is 14.0 Å². The van der Waals surface area contributed by atoms with Crippen molar-refractivity contribution >= 4 is 16.9 Å². The van der Waals surface area contributed by atoms with Crippen LogP contribution in [0, 0.1) is 5.82 Å². The van der Waals surface area contributed by atoms with Gasteiger partial charge in [-0.15, -0.1) is 0 Å². The number of H-pyrrole nitrogens is 1. The number of nitrogens with one attached hydrogen (secondary N) is 1. The highest BCUT2D eigenvalue weighted by molar-refractivity contribution is 6.03. The van der Waals surface area contributed by atoms with E-state index < -0.39 is 0 Å². The maximum Gasteiger partial charge on any atom is 0.277 e. The van der Waals surface area contributed by atoms with Crippen molar-refractivity contribution in [2.45, 2.75) is 6.04 Å². The van der Waals surface area contributed by atoms with Crippen LogP contribution < -0.4 is 5.56 Å². The Morgan fingerprint density at radius 3 is 2.88 bits per heavy atom. The molecular formula is C17H16FN5O3. The molecule has 8 nitrogen and oxygen atoms in total. The molecule has 0 radical (unpaired) electrons. The number of halogens is 1. The number of aromatic nitrogens is 4. The van der Waals surface area contributed by atoms with Crippen molar-refractivity contribution in [1.82, 2.24) is 24.6 Å². The Labute approximate surface area is 147 Å². The number of carbonyl (C=O) groups excluding carboxylic acids is 1. The molecule has 9 heteroatoms. The van der Waals surface area contributed by atoms with Crippen LogP contribution in [0.25, 0.3) is 11.0 Å². The normalized spacial score (nSPS) is 17.6. The van der Waals surface area contributed by atoms with Crippen LogP contribution in [-0.4, -0.2) is 50.3 Å². The van der Waals surface area contributed by atoms with Gasteiger partial charge in [-0.3, -0.25) is 14.3 Å². The molecule has 0 bridgehead atoms. The summed E-state index contributed by atoms with van der Waals surface area (Å²) in [5, 5.41) is 4.21. The van der Waals surface area contributed by atoms with E-state index in [1.807, 2.05) is 0 Å². The molecule has 1 fully saturated rings. The second-order valence-electron chi connectivity index (χ2n) is 6.04. The fraction of sp³-hybridized carbons (Fsp3) is 0.294. The van der Waals surface area contributed by atoms with Crippen molar-refractivity contribution in [1.29, 1.82) is 0 Å². The van der Waals surface area contributed by atoms with Crippen LogP contribution in [0.2, 0.25) is 0 Å². The van der Waals surface area contributed by atoms with Crippen molar-refractivity contribution in [3.8, 4) is 0 Å². The van der Waals surface area contributed by atoms with Crippen molar-refractivity contribution in [2.24, 2.45) is 7.05 Å². The monoisotopic (exact) mass is 357 g/mol. The third kappa shape index (κ3) is 2.66. The Morgan fingerprint density at radius 2 is 2.12 bits per heavy atom. The quantitative estimate of drug-likeness (QED) is 0.739. The molecule has 3 aromatic rings. The fourth-order valence-corrected chi connectivity index (χ4v) is 3.20. The van der Waals surface area contributed by atoms with E-state index in [0.717, 1.165) is 5.56 Å². The van der Waals surface area contributed by atoms with Gasteiger partial charge in [-0.1, -0.05) is 12.1 Å². The SMILES string of the molecule is Cn1nc(C(=O)N2CCOCC2c2ccc(F)cc2)c2nc[nH]c(=O)c21. The second kappa shape index (κ2) is 6.34. The van der Waals surface area contributed by atoms with Gasteiger partial charge in [0.05, 0.1) is 25.6 Å². The Bertz CT molecular complexity index is 1030. The summed E-state index contributed by atoms with van der Waals surface area (Å²) in [6.07, 6.45) is 1.25. The number of carbonyl (C=O) groups is 1. The minimum absolute atomic E-state index is 0.114. The Hall–Kier alpha value is -3.07. The molecule has 0 spiro atoms. The van der Waals surface area contributed by atoms with Crippen molar-refractivity contribution in [2.75, 3.05) is 19.8 Å². The predicted octanol–water partition coefficient (Wildman–Crippen LogP) is 1.01. The van der Waals surface area contributed by atoms with E-state index in [1.54, 1.807) is 24.1 Å². The minimum Gasteiger partial charge on any atom is -0.377 e. The first-order valence-electron chi connectivity index (χ1n) is 8.11. The number of nitrogens with zero attached hydrogens (tertiary/aromatic N) is 4. The zero-order chi connectivity index (χ0) is 18.3. The lowest BCUT2D eigenvalue weighted by molar-refractivity contribution is -0.00296. The van der Waals surface area contributed by atoms with Gasteiger partial charge in [0, 0.05) is 13.6 Å². The number of aromatic amines is 1. The number of hydrogen-bond donors (Lipinski definition) is 1. The summed E-state index contributed by atoms with van der Waals surface area (Å²) in [5.41, 5.74) is 1.02. The first-order chi connectivity index (χ1) is 12.6. The number of benzene rings is 1. The van der Waals surface area contributed by atoms with Gasteiger partial charge in [0.2, 0.25) is 0 Å². The Morgan fingerprint density at radius 1 is 1.35 bits per heavy atom. The Kier molecular flexibility index (Phi) is 4.00. The minimum atomic E-state index is -0.365. The summed E-state index contributed by atoms with van der Waals surface area (Å²) in [5.74, 6) is -0.686. The van der Waals surface area contributed by atoms with Gasteiger partial charge in [-0.2, -0.15) is 5.10 Å². The fourth-order valence-electron chi connectivity index (χ4n) is 3.20. The van der Waals surface area contributed by atoms with Crippen LogP contribution in [0.5, 0.6) is 0 Å². The van der Waals surface area contributed by atoms with Crippen molar-refractivity contribution in [3.05, 3.63) is 58.0 Å². The third-order valence-corrected chi connectivity index (χ3v) is 4.47. The van der Waals surface area contributed by atoms with Crippen molar-refractivity contribution in [3.63, 3.8) is 0 Å². The van der Waals surface area contributed by atoms with Crippen LogP contribution in [0.3, 0.4) is 0 Å². The van der Waals surface area contributed by atoms with Gasteiger partial charge in [0.25, 0.3) is 11.5 Å². The molecule has 0 saturated carbocycles. The third-order valence-electron chi connectivity index (χ3n) is 4.47. The smallest absolute Gasteiger partial charge is 0.277 e. The predicted molar refractivity (Wildman–Crippen MR) is 90.1 cm³/mol. The molecule has 2 aromatic heterocycles. The number of rotatable bonds is 2. The number of ether oxygens (including phenoxy) is 1. The first-order valence-corrected chi connectivity index (χ1v) is 8.11. The molecular weight excluding hydrogens is 341 g/mol. The van der Waals surface area contributed by atoms with Crippen LogP contribution in [-0.2, 0) is 11.8 Å². The molecule has 1 aromatic carbocycles. The maximum atomic E-state index is 13.2. The number of fused-ring (bicyclic) bond motifs is 1. The lowest BCUT2D eigenvalue weighted by Crippen LogP contribution is -2.43. The zero-order valence-electron chi connectivity index (χ0n) is 14.0. The first kappa shape index (κ1) is 16.4. The number of hydrogen-bond acceptors (Lipinski definition) is 5. The van der Waals surface area contributed by atoms with Gasteiger partial charge in [0.1, 0.15) is 11.3 Å². The van der Waals surface area contributed by atoms with E-state index in [-0.39, 0.29) is 40.1 Å². The lowest BCUT2D eigenvalue weighted by atomic mass is 10.0. The summed E-state index contributed by atoms with van der Waals surface area (Å²) < 4.78 is 20.1. The van der Waals surface area contributed by atoms with E-state index in [2.05, 4.69) is 15.1 Å². The van der Waals surface area contributed by atoms with Gasteiger partial charge in [-0.05, 0) is 17.7 Å². The van der Waals surface area contributed by atoms with Crippen molar-refractivity contribution < 1.29 is 13.9 Å². The average molecular weight is 357 g/mol. The molecule has 1 unspecified atom stereocenters. The summed E-state index contributed by atoms with van der Waals surface area (Å²) in [6, 6.07) is 5.60. The molecule has 1 amide bonds. The number of aryl methyl sites for hydroxylation is 1. The zero-order valence-corrected chi connectivity index (χ0v) is 14.0. The second-order valence-corrected chi connectivity index (χ2v) is 6.04. The molecule has 134 valence electrons. The number of amides is 1. The molecule has 0 aliphatic carbocycles. The molecule has 1 aliphatic rings. The molecule has 26 heavy (non-hydrogen) atoms. The average Bonchev–Trinajstić information content (AvgIpc) is 3.00. The summed E-state index contributed by atoms with van der Waals surface area (Å²) in [7, 11) is 1.59. The molecule has 1 aliphatic heterocycles. The maximum absolute atomic E-state index is 13.2. The van der Waals surface area contributed by atoms with E-state index in [0.29, 0.717) is 19.8 Å². The van der Waals surface area contributed by atoms with E-state index in [4.69, 9.17) is 4.74 Å². The molecule has 1 N–H and O–H groups in total. The molecule has 4 rings (SSSR count). The van der Waals surface area contributed by atoms with Gasteiger partial charge >= 0.3 is 0 Å². The highest BCUT2D eigenvalue weighted by atomic mass is 19.1. The van der Waals surface area contributed by atoms with E-state index in [1.165, 1.54) is 23.1 Å². The summed E-state index contributed by atoms with van der Waals surface area (Å²) in [6.45, 7) is 1.06. The summed E-state index contributed by atoms with van der Waals surface area (Å²) in [4.78, 5) is 33.4. The number of morpholine rings is 1. The van der Waals surface area contributed by atoms with Gasteiger partial charge in [-0.25, -0.2) is 9.37 Å². The molecule has 1 atom stereocenters. The van der Waals surface area contributed by atoms with Crippen LogP contribution in [0.15, 0.2) is 35.4 Å².